The van der Waals surface area contributed by atoms with Crippen LogP contribution in [0.3, 0.4) is 0 Å². The number of halogens is 3. The Hall–Kier alpha value is -1.22. The molecule has 5 heteroatoms. The van der Waals surface area contributed by atoms with Gasteiger partial charge in [-0.1, -0.05) is 48.0 Å². The van der Waals surface area contributed by atoms with Crippen LogP contribution in [-0.4, -0.2) is 10.2 Å². The summed E-state index contributed by atoms with van der Waals surface area (Å²) in [5, 5.41) is 3.44. The van der Waals surface area contributed by atoms with E-state index in [1.807, 2.05) is 49.4 Å². The number of hydrogen-bond acceptors (Lipinski definition) is 1. The van der Waals surface area contributed by atoms with Gasteiger partial charge in [-0.25, -0.2) is 0 Å². The quantitative estimate of drug-likeness (QED) is 0.757. The number of rotatable bonds is 3. The number of aryl methyl sites for hydroxylation is 1. The van der Waals surface area contributed by atoms with Gasteiger partial charge in [0.05, 0.1) is 5.92 Å². The van der Waals surface area contributed by atoms with Gasteiger partial charge in [0.25, 0.3) is 0 Å². The van der Waals surface area contributed by atoms with Crippen LogP contribution >= 0.6 is 34.8 Å². The summed E-state index contributed by atoms with van der Waals surface area (Å²) < 4.78 is -1.07. The summed E-state index contributed by atoms with van der Waals surface area (Å²) in [5.41, 5.74) is 2.57. The number of nitrogens with one attached hydrogen (secondary N) is 1. The Labute approximate surface area is 144 Å². The second-order valence-corrected chi connectivity index (χ2v) is 7.35. The standard InChI is InChI=1S/C17H14Cl3NO/c1-10-7-8-12(9-13(10)18)21-16(22)15-14(17(15,19)20)11-5-3-2-4-6-11/h2-9,14-15H,1H3,(H,21,22)/t14-,15+/m1/s1. The molecule has 1 aliphatic carbocycles. The van der Waals surface area contributed by atoms with Gasteiger partial charge in [-0.15, -0.1) is 23.2 Å². The van der Waals surface area contributed by atoms with Crippen LogP contribution in [0.15, 0.2) is 48.5 Å². The summed E-state index contributed by atoms with van der Waals surface area (Å²) in [6.45, 7) is 1.91. The number of carbonyl (C=O) groups excluding carboxylic acids is 1. The highest BCUT2D eigenvalue weighted by molar-refractivity contribution is 6.53. The smallest absolute Gasteiger partial charge is 0.231 e. The zero-order valence-electron chi connectivity index (χ0n) is 11.8. The van der Waals surface area contributed by atoms with Crippen LogP contribution in [0.25, 0.3) is 0 Å². The lowest BCUT2D eigenvalue weighted by atomic mass is 10.1. The molecule has 0 aliphatic heterocycles. The predicted molar refractivity (Wildman–Crippen MR) is 91.9 cm³/mol. The summed E-state index contributed by atoms with van der Waals surface area (Å²) in [5.74, 6) is -0.866. The third kappa shape index (κ3) is 2.83. The SMILES string of the molecule is Cc1ccc(NC(=O)[C@@H]2[C@@H](c3ccccc3)C2(Cl)Cl)cc1Cl. The minimum Gasteiger partial charge on any atom is -0.326 e. The molecule has 0 heterocycles. The van der Waals surface area contributed by atoms with Crippen molar-refractivity contribution in [2.75, 3.05) is 5.32 Å². The average molecular weight is 355 g/mol. The lowest BCUT2D eigenvalue weighted by Crippen LogP contribution is -2.17. The van der Waals surface area contributed by atoms with Crippen molar-refractivity contribution in [2.45, 2.75) is 17.2 Å². The van der Waals surface area contributed by atoms with E-state index in [9.17, 15) is 4.79 Å². The first-order chi connectivity index (χ1) is 10.4. The Kier molecular flexibility index (Phi) is 4.11. The molecule has 0 unspecified atom stereocenters. The highest BCUT2D eigenvalue weighted by atomic mass is 35.5. The van der Waals surface area contributed by atoms with Crippen molar-refractivity contribution in [1.29, 1.82) is 0 Å². The third-order valence-electron chi connectivity index (χ3n) is 3.93. The maximum absolute atomic E-state index is 12.4. The lowest BCUT2D eigenvalue weighted by molar-refractivity contribution is -0.117. The summed E-state index contributed by atoms with van der Waals surface area (Å²) in [6, 6.07) is 15.0. The van der Waals surface area contributed by atoms with Gasteiger partial charge in [0.1, 0.15) is 4.33 Å². The number of alkyl halides is 2. The molecular formula is C17H14Cl3NO. The Balaban J connectivity index is 1.77. The molecule has 1 N–H and O–H groups in total. The monoisotopic (exact) mass is 353 g/mol. The van der Waals surface area contributed by atoms with Crippen LogP contribution in [0, 0.1) is 12.8 Å². The molecule has 22 heavy (non-hydrogen) atoms. The lowest BCUT2D eigenvalue weighted by Gasteiger charge is -2.07. The first kappa shape index (κ1) is 15.7. The highest BCUT2D eigenvalue weighted by Gasteiger charge is 2.67. The minimum atomic E-state index is -1.07. The Morgan fingerprint density at radius 3 is 2.45 bits per heavy atom. The number of carbonyl (C=O) groups is 1. The van der Waals surface area contributed by atoms with Gasteiger partial charge in [-0.2, -0.15) is 0 Å². The maximum Gasteiger partial charge on any atom is 0.231 e. The van der Waals surface area contributed by atoms with Crippen molar-refractivity contribution in [2.24, 2.45) is 5.92 Å². The molecule has 1 saturated carbocycles. The van der Waals surface area contributed by atoms with E-state index in [2.05, 4.69) is 5.32 Å². The van der Waals surface area contributed by atoms with Crippen LogP contribution < -0.4 is 5.32 Å². The number of hydrogen-bond donors (Lipinski definition) is 1. The summed E-state index contributed by atoms with van der Waals surface area (Å²) in [7, 11) is 0. The topological polar surface area (TPSA) is 29.1 Å². The first-order valence-corrected chi connectivity index (χ1v) is 8.04. The molecule has 0 saturated heterocycles. The van der Waals surface area contributed by atoms with Crippen molar-refractivity contribution in [3.63, 3.8) is 0 Å². The van der Waals surface area contributed by atoms with Gasteiger partial charge in [0, 0.05) is 16.6 Å². The van der Waals surface area contributed by atoms with Crippen molar-refractivity contribution < 1.29 is 4.79 Å². The number of anilines is 1. The predicted octanol–water partition coefficient (Wildman–Crippen LogP) is 5.17. The number of amides is 1. The second kappa shape index (κ2) is 5.77. The van der Waals surface area contributed by atoms with E-state index >= 15 is 0 Å². The first-order valence-electron chi connectivity index (χ1n) is 6.91. The molecule has 2 aromatic rings. The normalized spacial score (nSPS) is 22.2. The number of benzene rings is 2. The van der Waals surface area contributed by atoms with Crippen molar-refractivity contribution in [3.8, 4) is 0 Å². The van der Waals surface area contributed by atoms with Gasteiger partial charge < -0.3 is 5.32 Å². The van der Waals surface area contributed by atoms with E-state index in [0.29, 0.717) is 10.7 Å². The second-order valence-electron chi connectivity index (χ2n) is 5.49. The van der Waals surface area contributed by atoms with Gasteiger partial charge >= 0.3 is 0 Å². The Bertz CT molecular complexity index is 715. The van der Waals surface area contributed by atoms with Crippen molar-refractivity contribution in [1.82, 2.24) is 0 Å². The molecule has 2 nitrogen and oxygen atoms in total. The maximum atomic E-state index is 12.4. The molecule has 0 aromatic heterocycles. The molecule has 1 amide bonds. The van der Waals surface area contributed by atoms with Gasteiger partial charge in [-0.05, 0) is 30.2 Å². The van der Waals surface area contributed by atoms with Crippen LogP contribution in [-0.2, 0) is 4.79 Å². The van der Waals surface area contributed by atoms with E-state index in [-0.39, 0.29) is 11.8 Å². The van der Waals surface area contributed by atoms with Gasteiger partial charge in [0.15, 0.2) is 0 Å². The zero-order valence-corrected chi connectivity index (χ0v) is 14.1. The Morgan fingerprint density at radius 1 is 1.14 bits per heavy atom. The fourth-order valence-electron chi connectivity index (χ4n) is 2.62. The fraction of sp³-hybridized carbons (Fsp3) is 0.235. The van der Waals surface area contributed by atoms with Crippen molar-refractivity contribution in [3.05, 3.63) is 64.7 Å². The highest BCUT2D eigenvalue weighted by Crippen LogP contribution is 2.65. The zero-order chi connectivity index (χ0) is 15.9. The molecule has 1 fully saturated rings. The van der Waals surface area contributed by atoms with Gasteiger partial charge in [0.2, 0.25) is 5.91 Å². The van der Waals surface area contributed by atoms with E-state index in [0.717, 1.165) is 11.1 Å². The molecule has 0 radical (unpaired) electrons. The minimum absolute atomic E-state index is 0.196. The third-order valence-corrected chi connectivity index (χ3v) is 5.28. The van der Waals surface area contributed by atoms with Crippen LogP contribution in [0.1, 0.15) is 17.0 Å². The molecule has 114 valence electrons. The molecule has 2 aromatic carbocycles. The largest absolute Gasteiger partial charge is 0.326 e. The summed E-state index contributed by atoms with van der Waals surface area (Å²) >= 11 is 18.7. The van der Waals surface area contributed by atoms with E-state index < -0.39 is 10.3 Å². The fourth-order valence-corrected chi connectivity index (χ4v) is 3.63. The van der Waals surface area contributed by atoms with E-state index in [4.69, 9.17) is 34.8 Å². The van der Waals surface area contributed by atoms with Crippen LogP contribution in [0.5, 0.6) is 0 Å². The van der Waals surface area contributed by atoms with Gasteiger partial charge in [-0.3, -0.25) is 4.79 Å². The average Bonchev–Trinajstić information content (AvgIpc) is 3.07. The summed E-state index contributed by atoms with van der Waals surface area (Å²) in [6.07, 6.45) is 0. The van der Waals surface area contributed by atoms with Crippen LogP contribution in [0.4, 0.5) is 5.69 Å². The molecule has 2 atom stereocenters. The molecule has 0 spiro atoms. The molecule has 1 aliphatic rings. The summed E-state index contributed by atoms with van der Waals surface area (Å²) in [4.78, 5) is 12.4. The van der Waals surface area contributed by atoms with Crippen molar-refractivity contribution >= 4 is 46.4 Å². The van der Waals surface area contributed by atoms with Crippen LogP contribution in [0.2, 0.25) is 5.02 Å². The Morgan fingerprint density at radius 2 is 1.82 bits per heavy atom. The molecule has 0 bridgehead atoms. The van der Waals surface area contributed by atoms with E-state index in [1.54, 1.807) is 6.07 Å². The van der Waals surface area contributed by atoms with E-state index in [1.165, 1.54) is 0 Å². The molecular weight excluding hydrogens is 341 g/mol. The molecule has 3 rings (SSSR count).